The second-order valence-electron chi connectivity index (χ2n) is 6.36. The number of fused-ring (bicyclic) bond motifs is 1. The molecule has 20 heavy (non-hydrogen) atoms. The third kappa shape index (κ3) is 2.45. The number of aryl methyl sites for hydroxylation is 1. The molecule has 4 heteroatoms. The van der Waals surface area contributed by atoms with E-state index >= 15 is 0 Å². The number of aromatic nitrogens is 2. The van der Waals surface area contributed by atoms with Crippen LogP contribution >= 0.6 is 0 Å². The normalized spacial score (nSPS) is 24.4. The van der Waals surface area contributed by atoms with Crippen LogP contribution in [0.1, 0.15) is 31.2 Å². The molecule has 0 amide bonds. The lowest BCUT2D eigenvalue weighted by molar-refractivity contribution is 0.0422. The van der Waals surface area contributed by atoms with E-state index in [4.69, 9.17) is 0 Å². The first-order valence-corrected chi connectivity index (χ1v) is 7.37. The molecule has 3 rings (SSSR count). The van der Waals surface area contributed by atoms with Gasteiger partial charge in [0.05, 0.1) is 11.4 Å². The molecule has 3 heterocycles. The summed E-state index contributed by atoms with van der Waals surface area (Å²) in [6.45, 7) is 7.51. The van der Waals surface area contributed by atoms with Crippen LogP contribution in [-0.2, 0) is 6.54 Å². The van der Waals surface area contributed by atoms with Crippen molar-refractivity contribution in [2.45, 2.75) is 33.2 Å². The topological polar surface area (TPSA) is 40.8 Å². The van der Waals surface area contributed by atoms with Crippen LogP contribution in [0.3, 0.4) is 0 Å². The van der Waals surface area contributed by atoms with Gasteiger partial charge in [0, 0.05) is 31.3 Å². The fourth-order valence-electron chi connectivity index (χ4n) is 3.26. The molecule has 4 nitrogen and oxygen atoms in total. The largest absolute Gasteiger partial charge is 0.396 e. The lowest BCUT2D eigenvalue weighted by Gasteiger charge is -2.39. The molecule has 0 bridgehead atoms. The van der Waals surface area contributed by atoms with Gasteiger partial charge in [0.15, 0.2) is 0 Å². The summed E-state index contributed by atoms with van der Waals surface area (Å²) in [7, 11) is 0. The second kappa shape index (κ2) is 5.19. The summed E-state index contributed by atoms with van der Waals surface area (Å²) in [6, 6.07) is 6.12. The van der Waals surface area contributed by atoms with Crippen LogP contribution < -0.4 is 0 Å². The summed E-state index contributed by atoms with van der Waals surface area (Å²) in [5.41, 5.74) is 3.43. The zero-order valence-corrected chi connectivity index (χ0v) is 12.3. The van der Waals surface area contributed by atoms with Crippen molar-refractivity contribution in [2.24, 2.45) is 5.41 Å². The van der Waals surface area contributed by atoms with Gasteiger partial charge in [0.2, 0.25) is 0 Å². The van der Waals surface area contributed by atoms with E-state index in [0.717, 1.165) is 43.8 Å². The van der Waals surface area contributed by atoms with Gasteiger partial charge in [-0.25, -0.2) is 4.98 Å². The highest BCUT2D eigenvalue weighted by atomic mass is 16.3. The fourth-order valence-corrected chi connectivity index (χ4v) is 3.26. The van der Waals surface area contributed by atoms with Crippen LogP contribution in [0, 0.1) is 12.3 Å². The summed E-state index contributed by atoms with van der Waals surface area (Å²) in [6.07, 6.45) is 4.36. The Labute approximate surface area is 120 Å². The Bertz CT molecular complexity index is 607. The Kier molecular flexibility index (Phi) is 3.52. The molecule has 0 saturated carbocycles. The minimum atomic E-state index is 0.0483. The molecule has 1 aliphatic rings. The Morgan fingerprint density at radius 2 is 2.25 bits per heavy atom. The summed E-state index contributed by atoms with van der Waals surface area (Å²) in [5.74, 6) is 0. The van der Waals surface area contributed by atoms with Gasteiger partial charge in [0.1, 0.15) is 5.65 Å². The van der Waals surface area contributed by atoms with Crippen LogP contribution in [0.5, 0.6) is 0 Å². The highest BCUT2D eigenvalue weighted by Crippen LogP contribution is 2.29. The van der Waals surface area contributed by atoms with E-state index in [-0.39, 0.29) is 12.0 Å². The zero-order valence-electron chi connectivity index (χ0n) is 12.3. The van der Waals surface area contributed by atoms with E-state index in [0.29, 0.717) is 0 Å². The third-order valence-corrected chi connectivity index (χ3v) is 4.44. The van der Waals surface area contributed by atoms with Crippen LogP contribution in [0.25, 0.3) is 5.65 Å². The molecule has 0 aliphatic carbocycles. The number of hydrogen-bond acceptors (Lipinski definition) is 3. The van der Waals surface area contributed by atoms with Gasteiger partial charge in [-0.15, -0.1) is 0 Å². The number of rotatable bonds is 3. The Balaban J connectivity index is 1.84. The Hall–Kier alpha value is -1.39. The van der Waals surface area contributed by atoms with Crippen molar-refractivity contribution in [1.82, 2.24) is 14.3 Å². The molecule has 108 valence electrons. The number of likely N-dealkylation sites (tertiary alicyclic amines) is 1. The van der Waals surface area contributed by atoms with Crippen molar-refractivity contribution in [3.8, 4) is 0 Å². The maximum absolute atomic E-state index is 9.58. The summed E-state index contributed by atoms with van der Waals surface area (Å²) < 4.78 is 2.18. The number of aliphatic hydroxyl groups excluding tert-OH is 1. The number of imidazole rings is 1. The Morgan fingerprint density at radius 3 is 3.05 bits per heavy atom. The third-order valence-electron chi connectivity index (χ3n) is 4.44. The van der Waals surface area contributed by atoms with E-state index in [1.54, 1.807) is 0 Å². The second-order valence-corrected chi connectivity index (χ2v) is 6.36. The minimum absolute atomic E-state index is 0.0483. The molecular formula is C16H23N3O. The molecule has 1 aliphatic heterocycles. The molecule has 1 unspecified atom stereocenters. The van der Waals surface area contributed by atoms with E-state index in [1.807, 2.05) is 18.2 Å². The van der Waals surface area contributed by atoms with Crippen molar-refractivity contribution in [2.75, 3.05) is 19.7 Å². The van der Waals surface area contributed by atoms with Crippen LogP contribution in [-0.4, -0.2) is 39.1 Å². The lowest BCUT2D eigenvalue weighted by atomic mass is 9.83. The van der Waals surface area contributed by atoms with Gasteiger partial charge < -0.3 is 9.51 Å². The quantitative estimate of drug-likeness (QED) is 0.932. The van der Waals surface area contributed by atoms with Crippen molar-refractivity contribution in [1.29, 1.82) is 0 Å². The number of hydrogen-bond donors (Lipinski definition) is 1. The van der Waals surface area contributed by atoms with Crippen LogP contribution in [0.4, 0.5) is 0 Å². The van der Waals surface area contributed by atoms with E-state index in [1.165, 1.54) is 5.69 Å². The lowest BCUT2D eigenvalue weighted by Crippen LogP contribution is -2.43. The van der Waals surface area contributed by atoms with Gasteiger partial charge in [-0.1, -0.05) is 13.0 Å². The molecule has 1 saturated heterocycles. The van der Waals surface area contributed by atoms with Crippen LogP contribution in [0.2, 0.25) is 0 Å². The first-order valence-electron chi connectivity index (χ1n) is 7.37. The predicted molar refractivity (Wildman–Crippen MR) is 79.6 cm³/mol. The average Bonchev–Trinajstić information content (AvgIpc) is 2.76. The number of piperidine rings is 1. The maximum Gasteiger partial charge on any atom is 0.137 e. The molecule has 0 radical (unpaired) electrons. The predicted octanol–water partition coefficient (Wildman–Crippen LogP) is 2.24. The van der Waals surface area contributed by atoms with Gasteiger partial charge in [-0.05, 0) is 38.4 Å². The molecule has 0 aromatic carbocycles. The summed E-state index contributed by atoms with van der Waals surface area (Å²) in [4.78, 5) is 7.07. The molecule has 1 N–H and O–H groups in total. The SMILES string of the molecule is Cc1nc2ccccn2c1CN1CCCC(C)(CO)C1. The Morgan fingerprint density at radius 1 is 1.40 bits per heavy atom. The molecule has 2 aromatic heterocycles. The fraction of sp³-hybridized carbons (Fsp3) is 0.562. The number of aliphatic hydroxyl groups is 1. The standard InChI is InChI=1S/C16H23N3O/c1-13-14(19-9-4-3-6-15(19)17-13)10-18-8-5-7-16(2,11-18)12-20/h3-4,6,9,20H,5,7-8,10-12H2,1-2H3. The van der Waals surface area contributed by atoms with E-state index in [2.05, 4.69) is 34.3 Å². The van der Waals surface area contributed by atoms with Gasteiger partial charge in [-0.3, -0.25) is 4.90 Å². The minimum Gasteiger partial charge on any atom is -0.396 e. The van der Waals surface area contributed by atoms with Gasteiger partial charge in [0.25, 0.3) is 0 Å². The molecule has 2 aromatic rings. The van der Waals surface area contributed by atoms with Gasteiger partial charge in [-0.2, -0.15) is 0 Å². The first kappa shape index (κ1) is 13.6. The molecule has 0 spiro atoms. The zero-order chi connectivity index (χ0) is 14.2. The summed E-state index contributed by atoms with van der Waals surface area (Å²) in [5, 5.41) is 9.58. The average molecular weight is 273 g/mol. The highest BCUT2D eigenvalue weighted by molar-refractivity contribution is 5.42. The molecule has 1 atom stereocenters. The first-order chi connectivity index (χ1) is 9.61. The van der Waals surface area contributed by atoms with Crippen molar-refractivity contribution < 1.29 is 5.11 Å². The highest BCUT2D eigenvalue weighted by Gasteiger charge is 2.30. The molecule has 1 fully saturated rings. The van der Waals surface area contributed by atoms with Crippen molar-refractivity contribution in [3.05, 3.63) is 35.8 Å². The van der Waals surface area contributed by atoms with Crippen LogP contribution in [0.15, 0.2) is 24.4 Å². The summed E-state index contributed by atoms with van der Waals surface area (Å²) >= 11 is 0. The number of nitrogens with zero attached hydrogens (tertiary/aromatic N) is 3. The maximum atomic E-state index is 9.58. The van der Waals surface area contributed by atoms with Gasteiger partial charge >= 0.3 is 0 Å². The number of pyridine rings is 1. The van der Waals surface area contributed by atoms with Crippen molar-refractivity contribution in [3.63, 3.8) is 0 Å². The van der Waals surface area contributed by atoms with E-state index < -0.39 is 0 Å². The van der Waals surface area contributed by atoms with E-state index in [9.17, 15) is 5.11 Å². The van der Waals surface area contributed by atoms with Crippen molar-refractivity contribution >= 4 is 5.65 Å². The molecular weight excluding hydrogens is 250 g/mol. The monoisotopic (exact) mass is 273 g/mol. The smallest absolute Gasteiger partial charge is 0.137 e.